The van der Waals surface area contributed by atoms with Crippen LogP contribution >= 0.6 is 22.7 Å². The van der Waals surface area contributed by atoms with Gasteiger partial charge in [0.1, 0.15) is 10.7 Å². The van der Waals surface area contributed by atoms with Crippen LogP contribution in [0, 0.1) is 0 Å². The van der Waals surface area contributed by atoms with E-state index in [-0.39, 0.29) is 11.9 Å². The number of hydrogen-bond donors (Lipinski definition) is 1. The maximum atomic E-state index is 12.5. The van der Waals surface area contributed by atoms with Crippen molar-refractivity contribution in [1.29, 1.82) is 0 Å². The maximum absolute atomic E-state index is 12.5. The van der Waals surface area contributed by atoms with Gasteiger partial charge in [-0.2, -0.15) is 0 Å². The molecule has 0 spiro atoms. The highest BCUT2D eigenvalue weighted by Gasteiger charge is 2.25. The lowest BCUT2D eigenvalue weighted by Gasteiger charge is -2.16. The first-order chi connectivity index (χ1) is 12.3. The van der Waals surface area contributed by atoms with E-state index in [1.165, 1.54) is 16.9 Å². The molecule has 3 aromatic rings. The van der Waals surface area contributed by atoms with E-state index in [1.807, 2.05) is 29.0 Å². The first kappa shape index (κ1) is 16.4. The summed E-state index contributed by atoms with van der Waals surface area (Å²) in [6, 6.07) is 14.7. The second-order valence-electron chi connectivity index (χ2n) is 6.19. The molecule has 0 aliphatic carbocycles. The van der Waals surface area contributed by atoms with Gasteiger partial charge < -0.3 is 5.32 Å². The zero-order valence-electron chi connectivity index (χ0n) is 13.7. The molecule has 4 rings (SSSR count). The Morgan fingerprint density at radius 3 is 2.88 bits per heavy atom. The number of thiophene rings is 1. The van der Waals surface area contributed by atoms with Crippen molar-refractivity contribution in [2.75, 3.05) is 13.1 Å². The van der Waals surface area contributed by atoms with Crippen molar-refractivity contribution in [3.63, 3.8) is 0 Å². The Morgan fingerprint density at radius 2 is 2.08 bits per heavy atom. The molecule has 1 saturated heterocycles. The number of likely N-dealkylation sites (tertiary alicyclic amines) is 1. The van der Waals surface area contributed by atoms with E-state index >= 15 is 0 Å². The van der Waals surface area contributed by atoms with E-state index < -0.39 is 0 Å². The third-order valence-corrected chi connectivity index (χ3v) is 6.21. The van der Waals surface area contributed by atoms with Crippen molar-refractivity contribution >= 4 is 28.6 Å². The summed E-state index contributed by atoms with van der Waals surface area (Å²) in [6.07, 6.45) is 0.987. The van der Waals surface area contributed by atoms with Gasteiger partial charge in [0.2, 0.25) is 0 Å². The smallest absolute Gasteiger partial charge is 0.271 e. The Hall–Kier alpha value is -2.02. The molecule has 2 aromatic heterocycles. The molecule has 25 heavy (non-hydrogen) atoms. The molecule has 1 aromatic carbocycles. The number of carbonyl (C=O) groups excluding carboxylic acids is 1. The van der Waals surface area contributed by atoms with Gasteiger partial charge in [-0.3, -0.25) is 9.69 Å². The van der Waals surface area contributed by atoms with Crippen molar-refractivity contribution in [3.8, 4) is 9.88 Å². The van der Waals surface area contributed by atoms with E-state index in [0.717, 1.165) is 35.9 Å². The highest BCUT2D eigenvalue weighted by molar-refractivity contribution is 7.20. The number of carbonyl (C=O) groups is 1. The summed E-state index contributed by atoms with van der Waals surface area (Å²) in [4.78, 5) is 20.4. The first-order valence-corrected chi connectivity index (χ1v) is 10.1. The van der Waals surface area contributed by atoms with Crippen molar-refractivity contribution in [3.05, 3.63) is 64.5 Å². The predicted molar refractivity (Wildman–Crippen MR) is 103 cm³/mol. The van der Waals surface area contributed by atoms with E-state index in [0.29, 0.717) is 5.69 Å². The van der Waals surface area contributed by atoms with Crippen molar-refractivity contribution in [1.82, 2.24) is 15.2 Å². The van der Waals surface area contributed by atoms with Gasteiger partial charge in [-0.25, -0.2) is 4.98 Å². The number of nitrogens with one attached hydrogen (secondary N) is 1. The Bertz CT molecular complexity index is 829. The molecule has 1 aliphatic heterocycles. The number of benzene rings is 1. The summed E-state index contributed by atoms with van der Waals surface area (Å²) < 4.78 is 0. The molecule has 4 nitrogen and oxygen atoms in total. The lowest BCUT2D eigenvalue weighted by molar-refractivity contribution is 0.0933. The molecular formula is C19H19N3OS2. The zero-order valence-corrected chi connectivity index (χ0v) is 15.4. The summed E-state index contributed by atoms with van der Waals surface area (Å²) in [7, 11) is 0. The molecule has 128 valence electrons. The van der Waals surface area contributed by atoms with Crippen LogP contribution in [0.5, 0.6) is 0 Å². The summed E-state index contributed by atoms with van der Waals surface area (Å²) >= 11 is 3.17. The number of thiazole rings is 1. The molecule has 1 atom stereocenters. The highest BCUT2D eigenvalue weighted by atomic mass is 32.1. The van der Waals surface area contributed by atoms with Crippen LogP contribution in [0.4, 0.5) is 0 Å². The Balaban J connectivity index is 1.33. The molecule has 6 heteroatoms. The van der Waals surface area contributed by atoms with E-state index in [2.05, 4.69) is 39.5 Å². The van der Waals surface area contributed by atoms with Gasteiger partial charge in [0, 0.05) is 31.1 Å². The molecule has 1 aliphatic rings. The van der Waals surface area contributed by atoms with Gasteiger partial charge >= 0.3 is 0 Å². The lowest BCUT2D eigenvalue weighted by Crippen LogP contribution is -2.37. The van der Waals surface area contributed by atoms with Crippen LogP contribution in [0.15, 0.2) is 53.2 Å². The first-order valence-electron chi connectivity index (χ1n) is 8.34. The normalized spacial score (nSPS) is 17.7. The fraction of sp³-hybridized carbons (Fsp3) is 0.263. The summed E-state index contributed by atoms with van der Waals surface area (Å²) in [5.74, 6) is -0.0642. The molecule has 0 bridgehead atoms. The fourth-order valence-corrected chi connectivity index (χ4v) is 4.70. The fourth-order valence-electron chi connectivity index (χ4n) is 3.09. The minimum atomic E-state index is -0.0642. The molecule has 3 heterocycles. The average molecular weight is 370 g/mol. The van der Waals surface area contributed by atoms with Gasteiger partial charge in [0.05, 0.1) is 4.88 Å². The Kier molecular flexibility index (Phi) is 4.92. The Labute approximate surface area is 155 Å². The second-order valence-corrected chi connectivity index (χ2v) is 8.00. The highest BCUT2D eigenvalue weighted by Crippen LogP contribution is 2.27. The molecule has 0 radical (unpaired) electrons. The van der Waals surface area contributed by atoms with E-state index in [4.69, 9.17) is 0 Å². The van der Waals surface area contributed by atoms with Crippen LogP contribution in [0.1, 0.15) is 22.5 Å². The molecule has 0 saturated carbocycles. The van der Waals surface area contributed by atoms with Crippen molar-refractivity contribution in [2.45, 2.75) is 19.0 Å². The van der Waals surface area contributed by atoms with Gasteiger partial charge in [0.25, 0.3) is 5.91 Å². The largest absolute Gasteiger partial charge is 0.347 e. The SMILES string of the molecule is O=C(N[C@H]1CCN(Cc2ccccc2)C1)c1csc(-c2cccs2)n1. The summed E-state index contributed by atoms with van der Waals surface area (Å²) in [5, 5.41) is 7.92. The molecule has 1 fully saturated rings. The molecule has 0 unspecified atom stereocenters. The number of nitrogens with zero attached hydrogens (tertiary/aromatic N) is 2. The molecular weight excluding hydrogens is 350 g/mol. The van der Waals surface area contributed by atoms with E-state index in [9.17, 15) is 4.79 Å². The topological polar surface area (TPSA) is 45.2 Å². The van der Waals surface area contributed by atoms with Crippen LogP contribution < -0.4 is 5.32 Å². The maximum Gasteiger partial charge on any atom is 0.271 e. The standard InChI is InChI=1S/C19H19N3OS2/c23-18(16-13-25-19(21-16)17-7-4-10-24-17)20-15-8-9-22(12-15)11-14-5-2-1-3-6-14/h1-7,10,13,15H,8-9,11-12H2,(H,20,23)/t15-/m0/s1. The second kappa shape index (κ2) is 7.47. The number of amides is 1. The zero-order chi connectivity index (χ0) is 17.1. The van der Waals surface area contributed by atoms with E-state index in [1.54, 1.807) is 11.3 Å². The minimum Gasteiger partial charge on any atom is -0.347 e. The van der Waals surface area contributed by atoms with Gasteiger partial charge in [0.15, 0.2) is 0 Å². The summed E-state index contributed by atoms with van der Waals surface area (Å²) in [6.45, 7) is 2.84. The van der Waals surface area contributed by atoms with Gasteiger partial charge in [-0.1, -0.05) is 36.4 Å². The number of hydrogen-bond acceptors (Lipinski definition) is 5. The minimum absolute atomic E-state index is 0.0642. The Morgan fingerprint density at radius 1 is 1.20 bits per heavy atom. The third-order valence-electron chi connectivity index (χ3n) is 4.33. The van der Waals surface area contributed by atoms with Gasteiger partial charge in [-0.15, -0.1) is 22.7 Å². The monoisotopic (exact) mass is 369 g/mol. The van der Waals surface area contributed by atoms with Crippen LogP contribution in [-0.4, -0.2) is 34.9 Å². The quantitative estimate of drug-likeness (QED) is 0.742. The van der Waals surface area contributed by atoms with Crippen LogP contribution in [0.2, 0.25) is 0 Å². The average Bonchev–Trinajstić information content (AvgIpc) is 3.37. The molecule has 1 N–H and O–H groups in total. The number of rotatable bonds is 5. The van der Waals surface area contributed by atoms with Crippen molar-refractivity contribution < 1.29 is 4.79 Å². The van der Waals surface area contributed by atoms with Crippen LogP contribution in [0.3, 0.4) is 0 Å². The van der Waals surface area contributed by atoms with Crippen LogP contribution in [-0.2, 0) is 6.54 Å². The number of aromatic nitrogens is 1. The van der Waals surface area contributed by atoms with Crippen molar-refractivity contribution in [2.24, 2.45) is 0 Å². The molecule has 1 amide bonds. The predicted octanol–water partition coefficient (Wildman–Crippen LogP) is 3.88. The third kappa shape index (κ3) is 3.98. The lowest BCUT2D eigenvalue weighted by atomic mass is 10.2. The summed E-state index contributed by atoms with van der Waals surface area (Å²) in [5.41, 5.74) is 1.84. The van der Waals surface area contributed by atoms with Gasteiger partial charge in [-0.05, 0) is 23.4 Å². The van der Waals surface area contributed by atoms with Crippen LogP contribution in [0.25, 0.3) is 9.88 Å².